The van der Waals surface area contributed by atoms with E-state index in [0.29, 0.717) is 12.1 Å². The van der Waals surface area contributed by atoms with Crippen LogP contribution in [0.4, 0.5) is 0 Å². The average molecular weight is 198 g/mol. The zero-order chi connectivity index (χ0) is 10.3. The molecule has 0 aromatic heterocycles. The molecule has 80 valence electrons. The first-order valence-corrected chi connectivity index (χ1v) is 5.22. The molecule has 0 radical (unpaired) electrons. The van der Waals surface area contributed by atoms with Gasteiger partial charge in [-0.3, -0.25) is 9.69 Å². The average Bonchev–Trinajstić information content (AvgIpc) is 2.30. The summed E-state index contributed by atoms with van der Waals surface area (Å²) in [7, 11) is 2.10. The van der Waals surface area contributed by atoms with E-state index in [1.807, 2.05) is 0 Å². The number of carbonyl (C=O) groups is 1. The van der Waals surface area contributed by atoms with Gasteiger partial charge < -0.3 is 10.5 Å². The molecular weight excluding hydrogens is 180 g/mol. The fourth-order valence-corrected chi connectivity index (χ4v) is 2.80. The van der Waals surface area contributed by atoms with E-state index in [1.54, 1.807) is 0 Å². The number of esters is 1. The Hall–Kier alpha value is -0.610. The van der Waals surface area contributed by atoms with Gasteiger partial charge in [0.1, 0.15) is 6.10 Å². The lowest BCUT2D eigenvalue weighted by molar-refractivity contribution is -0.147. The highest BCUT2D eigenvalue weighted by atomic mass is 16.5. The van der Waals surface area contributed by atoms with Gasteiger partial charge in [-0.25, -0.2) is 0 Å². The van der Waals surface area contributed by atoms with Crippen molar-refractivity contribution >= 4 is 5.97 Å². The Balaban J connectivity index is 2.05. The molecule has 2 aliphatic rings. The van der Waals surface area contributed by atoms with Crippen molar-refractivity contribution in [1.29, 1.82) is 0 Å². The number of carbonyl (C=O) groups excluding carboxylic acids is 1. The van der Waals surface area contributed by atoms with E-state index < -0.39 is 0 Å². The zero-order valence-electron chi connectivity index (χ0n) is 8.77. The summed E-state index contributed by atoms with van der Waals surface area (Å²) in [6, 6.07) is 1.13. The smallest absolute Gasteiger partial charge is 0.302 e. The highest BCUT2D eigenvalue weighted by molar-refractivity contribution is 5.66. The van der Waals surface area contributed by atoms with Gasteiger partial charge in [0, 0.05) is 31.5 Å². The maximum Gasteiger partial charge on any atom is 0.302 e. The number of hydrogen-bond acceptors (Lipinski definition) is 4. The largest absolute Gasteiger partial charge is 0.461 e. The third kappa shape index (κ3) is 1.64. The summed E-state index contributed by atoms with van der Waals surface area (Å²) in [4.78, 5) is 13.2. The zero-order valence-corrected chi connectivity index (χ0v) is 8.77. The molecule has 4 nitrogen and oxygen atoms in total. The summed E-state index contributed by atoms with van der Waals surface area (Å²) >= 11 is 0. The topological polar surface area (TPSA) is 55.6 Å². The molecule has 2 rings (SSSR count). The van der Waals surface area contributed by atoms with Crippen LogP contribution in [-0.2, 0) is 9.53 Å². The minimum atomic E-state index is -0.176. The van der Waals surface area contributed by atoms with Crippen LogP contribution in [0.5, 0.6) is 0 Å². The Kier molecular flexibility index (Phi) is 2.49. The van der Waals surface area contributed by atoms with Crippen molar-refractivity contribution in [2.75, 3.05) is 7.05 Å². The number of ether oxygens (including phenoxy) is 1. The predicted molar refractivity (Wildman–Crippen MR) is 52.7 cm³/mol. The van der Waals surface area contributed by atoms with Crippen LogP contribution in [0.3, 0.4) is 0 Å². The molecule has 0 aromatic carbocycles. The maximum atomic E-state index is 10.9. The van der Waals surface area contributed by atoms with Gasteiger partial charge in [-0.15, -0.1) is 0 Å². The molecule has 0 aliphatic carbocycles. The highest BCUT2D eigenvalue weighted by Gasteiger charge is 2.45. The number of rotatable bonds is 1. The number of nitrogens with zero attached hydrogens (tertiary/aromatic N) is 1. The standard InChI is InChI=1S/C10H18N2O2/c1-6(13)14-10-5-8-3-7(11)4-9(10)12(8)2/h7-10H,3-5,11H2,1-2H3/t7-,8+,9-,10-/m0/s1. The third-order valence-electron chi connectivity index (χ3n) is 3.47. The lowest BCUT2D eigenvalue weighted by Crippen LogP contribution is -2.47. The molecule has 14 heavy (non-hydrogen) atoms. The molecule has 2 saturated heterocycles. The van der Waals surface area contributed by atoms with Crippen LogP contribution in [0.15, 0.2) is 0 Å². The van der Waals surface area contributed by atoms with Crippen molar-refractivity contribution in [2.45, 2.75) is 50.4 Å². The van der Waals surface area contributed by atoms with Crippen molar-refractivity contribution in [2.24, 2.45) is 5.73 Å². The summed E-state index contributed by atoms with van der Waals surface area (Å²) in [6.45, 7) is 1.47. The Morgan fingerprint density at radius 3 is 2.79 bits per heavy atom. The number of likely N-dealkylation sites (N-methyl/N-ethyl adjacent to an activating group) is 1. The Morgan fingerprint density at radius 2 is 2.14 bits per heavy atom. The van der Waals surface area contributed by atoms with Crippen molar-refractivity contribution < 1.29 is 9.53 Å². The molecule has 0 amide bonds. The van der Waals surface area contributed by atoms with Crippen LogP contribution in [-0.4, -0.2) is 42.1 Å². The number of nitrogens with two attached hydrogens (primary N) is 1. The monoisotopic (exact) mass is 198 g/mol. The molecular formula is C10H18N2O2. The number of piperidine rings is 1. The van der Waals surface area contributed by atoms with Gasteiger partial charge in [0.2, 0.25) is 0 Å². The maximum absolute atomic E-state index is 10.9. The molecule has 4 heteroatoms. The molecule has 0 unspecified atom stereocenters. The summed E-state index contributed by atoms with van der Waals surface area (Å²) < 4.78 is 5.31. The van der Waals surface area contributed by atoms with E-state index in [4.69, 9.17) is 10.5 Å². The predicted octanol–water partition coefficient (Wildman–Crippen LogP) is 0.112. The minimum absolute atomic E-state index is 0.0658. The Labute approximate surface area is 84.4 Å². The quantitative estimate of drug-likeness (QED) is 0.608. The van der Waals surface area contributed by atoms with Gasteiger partial charge in [-0.2, -0.15) is 0 Å². The second kappa shape index (κ2) is 3.51. The van der Waals surface area contributed by atoms with E-state index in [2.05, 4.69) is 11.9 Å². The third-order valence-corrected chi connectivity index (χ3v) is 3.47. The summed E-state index contributed by atoms with van der Waals surface area (Å²) in [5, 5.41) is 0. The first kappa shape index (κ1) is 9.93. The Morgan fingerprint density at radius 1 is 1.43 bits per heavy atom. The van der Waals surface area contributed by atoms with E-state index in [9.17, 15) is 4.79 Å². The number of hydrogen-bond donors (Lipinski definition) is 1. The van der Waals surface area contributed by atoms with Crippen LogP contribution in [0.2, 0.25) is 0 Å². The Bertz CT molecular complexity index is 244. The van der Waals surface area contributed by atoms with Crippen LogP contribution in [0.1, 0.15) is 26.2 Å². The van der Waals surface area contributed by atoms with Crippen LogP contribution in [0.25, 0.3) is 0 Å². The summed E-state index contributed by atoms with van der Waals surface area (Å²) in [5.41, 5.74) is 5.94. The second-order valence-electron chi connectivity index (χ2n) is 4.50. The first-order chi connectivity index (χ1) is 6.58. The normalized spacial score (nSPS) is 42.5. The molecule has 0 spiro atoms. The lowest BCUT2D eigenvalue weighted by atomic mass is 9.99. The van der Waals surface area contributed by atoms with Crippen LogP contribution >= 0.6 is 0 Å². The molecule has 2 fully saturated rings. The molecule has 0 aromatic rings. The molecule has 0 saturated carbocycles. The van der Waals surface area contributed by atoms with Crippen LogP contribution in [0, 0.1) is 0 Å². The van der Waals surface area contributed by atoms with Gasteiger partial charge in [-0.05, 0) is 19.9 Å². The molecule has 4 atom stereocenters. The fraction of sp³-hybridized carbons (Fsp3) is 0.900. The van der Waals surface area contributed by atoms with E-state index in [0.717, 1.165) is 19.3 Å². The van der Waals surface area contributed by atoms with Gasteiger partial charge in [0.05, 0.1) is 0 Å². The summed E-state index contributed by atoms with van der Waals surface area (Å²) in [6.07, 6.45) is 3.00. The van der Waals surface area contributed by atoms with Crippen molar-refractivity contribution in [3.05, 3.63) is 0 Å². The first-order valence-electron chi connectivity index (χ1n) is 5.22. The van der Waals surface area contributed by atoms with E-state index in [-0.39, 0.29) is 18.1 Å². The molecule has 2 heterocycles. The second-order valence-corrected chi connectivity index (χ2v) is 4.50. The number of fused-ring (bicyclic) bond motifs is 2. The summed E-state index contributed by atoms with van der Waals surface area (Å²) in [5.74, 6) is -0.176. The van der Waals surface area contributed by atoms with Crippen molar-refractivity contribution in [3.8, 4) is 0 Å². The van der Waals surface area contributed by atoms with Crippen molar-refractivity contribution in [1.82, 2.24) is 4.90 Å². The van der Waals surface area contributed by atoms with Gasteiger partial charge in [0.15, 0.2) is 0 Å². The molecule has 2 N–H and O–H groups in total. The molecule has 2 bridgehead atoms. The SMILES string of the molecule is CC(=O)O[C@H]1C[C@H]2C[C@H](N)C[C@@H]1N2C. The van der Waals surface area contributed by atoms with Gasteiger partial charge in [0.25, 0.3) is 0 Å². The van der Waals surface area contributed by atoms with E-state index >= 15 is 0 Å². The minimum Gasteiger partial charge on any atom is -0.461 e. The van der Waals surface area contributed by atoms with E-state index in [1.165, 1.54) is 6.92 Å². The van der Waals surface area contributed by atoms with Crippen LogP contribution < -0.4 is 5.73 Å². The highest BCUT2D eigenvalue weighted by Crippen LogP contribution is 2.35. The van der Waals surface area contributed by atoms with Gasteiger partial charge >= 0.3 is 5.97 Å². The van der Waals surface area contributed by atoms with Gasteiger partial charge in [-0.1, -0.05) is 0 Å². The van der Waals surface area contributed by atoms with Crippen molar-refractivity contribution in [3.63, 3.8) is 0 Å². The molecule has 2 aliphatic heterocycles. The lowest BCUT2D eigenvalue weighted by Gasteiger charge is -2.35. The fourth-order valence-electron chi connectivity index (χ4n) is 2.80.